The van der Waals surface area contributed by atoms with E-state index in [2.05, 4.69) is 47.6 Å². The molecule has 0 amide bonds. The first-order valence-electron chi connectivity index (χ1n) is 8.04. The molecule has 2 aliphatic rings. The third kappa shape index (κ3) is 2.29. The Bertz CT molecular complexity index is 488. The van der Waals surface area contributed by atoms with E-state index in [1.165, 1.54) is 11.1 Å². The predicted octanol–water partition coefficient (Wildman–Crippen LogP) is 5.32. The van der Waals surface area contributed by atoms with Crippen molar-refractivity contribution in [2.24, 2.45) is 22.7 Å². The molecule has 0 saturated carbocycles. The van der Waals surface area contributed by atoms with Gasteiger partial charge >= 0.3 is 0 Å². The zero-order valence-corrected chi connectivity index (χ0v) is 14.3. The molecule has 2 rings (SSSR count). The van der Waals surface area contributed by atoms with Crippen molar-refractivity contribution in [3.8, 4) is 0 Å². The lowest BCUT2D eigenvalue weighted by molar-refractivity contribution is -0.122. The van der Waals surface area contributed by atoms with Crippen LogP contribution in [-0.2, 0) is 4.79 Å². The molecule has 0 saturated heterocycles. The van der Waals surface area contributed by atoms with E-state index in [1.54, 1.807) is 12.5 Å². The molecule has 2 unspecified atom stereocenters. The van der Waals surface area contributed by atoms with Crippen molar-refractivity contribution in [1.82, 2.24) is 0 Å². The van der Waals surface area contributed by atoms with Crippen molar-refractivity contribution >= 4 is 5.78 Å². The molecule has 0 spiro atoms. The van der Waals surface area contributed by atoms with Gasteiger partial charge in [-0.05, 0) is 32.6 Å². The van der Waals surface area contributed by atoms with Crippen molar-refractivity contribution in [2.45, 2.75) is 67.7 Å². The van der Waals surface area contributed by atoms with Crippen LogP contribution in [0, 0.1) is 22.7 Å². The average Bonchev–Trinajstić information content (AvgIpc) is 2.34. The monoisotopic (exact) mass is 274 g/mol. The van der Waals surface area contributed by atoms with Crippen molar-refractivity contribution < 1.29 is 4.79 Å². The highest BCUT2D eigenvalue weighted by atomic mass is 16.1. The van der Waals surface area contributed by atoms with Gasteiger partial charge in [0.1, 0.15) is 5.78 Å². The van der Waals surface area contributed by atoms with E-state index in [0.717, 1.165) is 19.3 Å². The first kappa shape index (κ1) is 15.5. The van der Waals surface area contributed by atoms with Crippen molar-refractivity contribution in [2.75, 3.05) is 0 Å². The predicted molar refractivity (Wildman–Crippen MR) is 85.5 cm³/mol. The molecule has 0 aromatic carbocycles. The number of hydrogen-bond acceptors (Lipinski definition) is 1. The molecule has 1 nitrogen and oxygen atoms in total. The molecule has 0 radical (unpaired) electrons. The van der Waals surface area contributed by atoms with Gasteiger partial charge in [0.25, 0.3) is 0 Å². The Kier molecular flexibility index (Phi) is 3.77. The molecule has 0 heterocycles. The van der Waals surface area contributed by atoms with Crippen LogP contribution in [0.2, 0.25) is 0 Å². The molecule has 0 aromatic rings. The normalized spacial score (nSPS) is 31.6. The number of Topliss-reactive ketones (excluding diaryl/α,β-unsaturated/α-hetero) is 1. The van der Waals surface area contributed by atoms with E-state index in [0.29, 0.717) is 11.7 Å². The summed E-state index contributed by atoms with van der Waals surface area (Å²) in [5.41, 5.74) is 4.92. The summed E-state index contributed by atoms with van der Waals surface area (Å²) >= 11 is 0. The van der Waals surface area contributed by atoms with Crippen LogP contribution >= 0.6 is 0 Å². The minimum absolute atomic E-state index is 0.112. The summed E-state index contributed by atoms with van der Waals surface area (Å²) in [5, 5.41) is 0. The van der Waals surface area contributed by atoms with Crippen LogP contribution in [0.15, 0.2) is 22.8 Å². The Hall–Kier alpha value is -0.850. The van der Waals surface area contributed by atoms with Gasteiger partial charge in [0, 0.05) is 16.7 Å². The van der Waals surface area contributed by atoms with Crippen molar-refractivity contribution in [3.05, 3.63) is 22.8 Å². The molecular weight excluding hydrogens is 244 g/mol. The van der Waals surface area contributed by atoms with Gasteiger partial charge in [0.2, 0.25) is 0 Å². The van der Waals surface area contributed by atoms with Crippen LogP contribution < -0.4 is 0 Å². The topological polar surface area (TPSA) is 17.1 Å². The van der Waals surface area contributed by atoms with E-state index < -0.39 is 0 Å². The maximum Gasteiger partial charge on any atom is 0.133 e. The summed E-state index contributed by atoms with van der Waals surface area (Å²) < 4.78 is 0. The first-order valence-corrected chi connectivity index (χ1v) is 8.04. The molecule has 0 bridgehead atoms. The van der Waals surface area contributed by atoms with Crippen LogP contribution in [0.1, 0.15) is 67.7 Å². The molecular formula is C19H30O. The smallest absolute Gasteiger partial charge is 0.133 e. The molecule has 2 atom stereocenters. The number of carbonyl (C=O) groups excluding carboxylic acids is 1. The van der Waals surface area contributed by atoms with Crippen LogP contribution in [0.5, 0.6) is 0 Å². The SMILES string of the molecule is CCC1CC2=C(CC1C(C)=O)C(C)(C)C=C(C)C2(C)C. The largest absolute Gasteiger partial charge is 0.300 e. The molecule has 0 aromatic heterocycles. The maximum absolute atomic E-state index is 12.0. The highest BCUT2D eigenvalue weighted by molar-refractivity contribution is 5.79. The van der Waals surface area contributed by atoms with Gasteiger partial charge in [0.05, 0.1) is 0 Å². The second-order valence-electron chi connectivity index (χ2n) is 7.92. The van der Waals surface area contributed by atoms with Gasteiger partial charge in [0.15, 0.2) is 0 Å². The number of hydrogen-bond donors (Lipinski definition) is 0. The molecule has 1 heteroatoms. The van der Waals surface area contributed by atoms with Crippen LogP contribution in [0.3, 0.4) is 0 Å². The summed E-state index contributed by atoms with van der Waals surface area (Å²) in [5.74, 6) is 1.15. The molecule has 0 aliphatic heterocycles. The number of allylic oxidation sites excluding steroid dienone is 4. The number of carbonyl (C=O) groups is 1. The van der Waals surface area contributed by atoms with Gasteiger partial charge in [-0.15, -0.1) is 0 Å². The van der Waals surface area contributed by atoms with Gasteiger partial charge in [-0.2, -0.15) is 0 Å². The van der Waals surface area contributed by atoms with E-state index >= 15 is 0 Å². The summed E-state index contributed by atoms with van der Waals surface area (Å²) in [7, 11) is 0. The average molecular weight is 274 g/mol. The lowest BCUT2D eigenvalue weighted by Gasteiger charge is -2.48. The van der Waals surface area contributed by atoms with Gasteiger partial charge in [-0.1, -0.05) is 63.8 Å². The summed E-state index contributed by atoms with van der Waals surface area (Å²) in [6.45, 7) is 15.6. The summed E-state index contributed by atoms with van der Waals surface area (Å²) in [6.07, 6.45) is 5.62. The Morgan fingerprint density at radius 2 is 1.80 bits per heavy atom. The zero-order valence-electron chi connectivity index (χ0n) is 14.3. The van der Waals surface area contributed by atoms with E-state index in [1.807, 2.05) is 0 Å². The zero-order chi connectivity index (χ0) is 15.3. The Labute approximate surface area is 124 Å². The molecule has 112 valence electrons. The Morgan fingerprint density at radius 3 is 2.30 bits per heavy atom. The standard InChI is InChI=1S/C19H30O/c1-8-14-9-17-16(10-15(14)13(3)20)18(4,5)11-12(2)19(17,6)7/h11,14-15H,8-10H2,1-7H3. The fraction of sp³-hybridized carbons (Fsp3) is 0.737. The quantitative estimate of drug-likeness (QED) is 0.623. The summed E-state index contributed by atoms with van der Waals surface area (Å²) in [4.78, 5) is 12.0. The van der Waals surface area contributed by atoms with E-state index in [-0.39, 0.29) is 16.7 Å². The molecule has 0 fully saturated rings. The number of ketones is 1. The molecule has 20 heavy (non-hydrogen) atoms. The lowest BCUT2D eigenvalue weighted by atomic mass is 9.56. The van der Waals surface area contributed by atoms with E-state index in [4.69, 9.17) is 0 Å². The fourth-order valence-electron chi connectivity index (χ4n) is 4.27. The highest BCUT2D eigenvalue weighted by Crippen LogP contribution is 2.55. The highest BCUT2D eigenvalue weighted by Gasteiger charge is 2.44. The second kappa shape index (κ2) is 4.86. The Morgan fingerprint density at radius 1 is 1.20 bits per heavy atom. The van der Waals surface area contributed by atoms with E-state index in [9.17, 15) is 4.79 Å². The third-order valence-corrected chi connectivity index (χ3v) is 5.97. The minimum atomic E-state index is 0.112. The lowest BCUT2D eigenvalue weighted by Crippen LogP contribution is -2.38. The number of rotatable bonds is 2. The maximum atomic E-state index is 12.0. The third-order valence-electron chi connectivity index (χ3n) is 5.97. The van der Waals surface area contributed by atoms with Crippen LogP contribution in [0.25, 0.3) is 0 Å². The van der Waals surface area contributed by atoms with Gasteiger partial charge < -0.3 is 0 Å². The van der Waals surface area contributed by atoms with Crippen molar-refractivity contribution in [1.29, 1.82) is 0 Å². The summed E-state index contributed by atoms with van der Waals surface area (Å²) in [6, 6.07) is 0. The Balaban J connectivity index is 2.52. The molecule has 2 aliphatic carbocycles. The van der Waals surface area contributed by atoms with Crippen LogP contribution in [-0.4, -0.2) is 5.78 Å². The fourth-order valence-corrected chi connectivity index (χ4v) is 4.27. The van der Waals surface area contributed by atoms with Crippen molar-refractivity contribution in [3.63, 3.8) is 0 Å². The van der Waals surface area contributed by atoms with Gasteiger partial charge in [-0.3, -0.25) is 4.79 Å². The molecule has 0 N–H and O–H groups in total. The second-order valence-corrected chi connectivity index (χ2v) is 7.92. The van der Waals surface area contributed by atoms with Crippen LogP contribution in [0.4, 0.5) is 0 Å². The first-order chi connectivity index (χ1) is 9.11. The minimum Gasteiger partial charge on any atom is -0.300 e. The van der Waals surface area contributed by atoms with Gasteiger partial charge in [-0.25, -0.2) is 0 Å².